The number of carboxylic acid groups (broad SMARTS) is 1. The molecular formula is C11H10N2O3. The molecule has 0 bridgehead atoms. The maximum absolute atomic E-state index is 10.8. The number of ether oxygens (including phenoxy) is 1. The van der Waals surface area contributed by atoms with Crippen molar-refractivity contribution in [2.45, 2.75) is 6.04 Å². The van der Waals surface area contributed by atoms with E-state index in [1.54, 1.807) is 18.2 Å². The SMILES string of the molecule is O=C(O)c1ccc2cn(C3COC3)nc2c1. The van der Waals surface area contributed by atoms with Crippen molar-refractivity contribution >= 4 is 16.9 Å². The van der Waals surface area contributed by atoms with Gasteiger partial charge in [0.1, 0.15) is 0 Å². The van der Waals surface area contributed by atoms with Gasteiger partial charge in [0.25, 0.3) is 0 Å². The fraction of sp³-hybridized carbons (Fsp3) is 0.273. The second kappa shape index (κ2) is 3.31. The lowest BCUT2D eigenvalue weighted by molar-refractivity contribution is -0.0283. The van der Waals surface area contributed by atoms with Crippen LogP contribution in [0.1, 0.15) is 16.4 Å². The van der Waals surface area contributed by atoms with Crippen LogP contribution in [-0.4, -0.2) is 34.1 Å². The van der Waals surface area contributed by atoms with Gasteiger partial charge in [-0.2, -0.15) is 5.10 Å². The summed E-state index contributed by atoms with van der Waals surface area (Å²) < 4.78 is 6.94. The molecule has 0 aliphatic carbocycles. The van der Waals surface area contributed by atoms with Crippen molar-refractivity contribution in [3.05, 3.63) is 30.0 Å². The molecule has 1 aromatic heterocycles. The third kappa shape index (κ3) is 1.37. The summed E-state index contributed by atoms with van der Waals surface area (Å²) in [5.74, 6) is -0.927. The van der Waals surface area contributed by atoms with Crippen LogP contribution in [0.5, 0.6) is 0 Å². The molecule has 0 saturated carbocycles. The second-order valence-electron chi connectivity index (χ2n) is 3.88. The van der Waals surface area contributed by atoms with Gasteiger partial charge in [0.05, 0.1) is 30.3 Å². The molecule has 1 aromatic carbocycles. The Bertz CT molecular complexity index is 557. The number of carboxylic acids is 1. The Morgan fingerprint density at radius 2 is 2.31 bits per heavy atom. The molecule has 82 valence electrons. The predicted molar refractivity (Wildman–Crippen MR) is 56.5 cm³/mol. The second-order valence-corrected chi connectivity index (χ2v) is 3.88. The normalized spacial score (nSPS) is 16.2. The largest absolute Gasteiger partial charge is 0.478 e. The monoisotopic (exact) mass is 218 g/mol. The van der Waals surface area contributed by atoms with Gasteiger partial charge < -0.3 is 9.84 Å². The van der Waals surface area contributed by atoms with E-state index in [9.17, 15) is 4.79 Å². The quantitative estimate of drug-likeness (QED) is 0.825. The van der Waals surface area contributed by atoms with E-state index in [-0.39, 0.29) is 5.56 Å². The van der Waals surface area contributed by atoms with E-state index in [1.165, 1.54) is 0 Å². The molecule has 1 saturated heterocycles. The summed E-state index contributed by atoms with van der Waals surface area (Å²) in [5.41, 5.74) is 0.981. The van der Waals surface area contributed by atoms with Gasteiger partial charge in [-0.25, -0.2) is 4.79 Å². The van der Waals surface area contributed by atoms with Gasteiger partial charge in [-0.15, -0.1) is 0 Å². The molecule has 0 radical (unpaired) electrons. The molecule has 1 aliphatic heterocycles. The number of hydrogen-bond acceptors (Lipinski definition) is 3. The topological polar surface area (TPSA) is 64.3 Å². The van der Waals surface area contributed by atoms with E-state index >= 15 is 0 Å². The molecule has 16 heavy (non-hydrogen) atoms. The van der Waals surface area contributed by atoms with Crippen LogP contribution in [0, 0.1) is 0 Å². The van der Waals surface area contributed by atoms with Gasteiger partial charge >= 0.3 is 5.97 Å². The fourth-order valence-electron chi connectivity index (χ4n) is 1.73. The smallest absolute Gasteiger partial charge is 0.335 e. The van der Waals surface area contributed by atoms with Crippen LogP contribution >= 0.6 is 0 Å². The first-order valence-corrected chi connectivity index (χ1v) is 5.04. The van der Waals surface area contributed by atoms with Crippen molar-refractivity contribution in [3.8, 4) is 0 Å². The van der Waals surface area contributed by atoms with Crippen LogP contribution < -0.4 is 0 Å². The lowest BCUT2D eigenvalue weighted by Gasteiger charge is -2.25. The summed E-state index contributed by atoms with van der Waals surface area (Å²) in [5, 5.41) is 14.2. The molecule has 5 nitrogen and oxygen atoms in total. The summed E-state index contributed by atoms with van der Waals surface area (Å²) in [6.07, 6.45) is 1.92. The number of nitrogens with zero attached hydrogens (tertiary/aromatic N) is 2. The van der Waals surface area contributed by atoms with E-state index in [2.05, 4.69) is 5.10 Å². The molecule has 0 unspecified atom stereocenters. The average molecular weight is 218 g/mol. The molecule has 1 aliphatic rings. The number of aromatic carboxylic acids is 1. The Morgan fingerprint density at radius 3 is 2.94 bits per heavy atom. The molecule has 5 heteroatoms. The van der Waals surface area contributed by atoms with Gasteiger partial charge in [-0.1, -0.05) is 6.07 Å². The van der Waals surface area contributed by atoms with Gasteiger partial charge in [0.15, 0.2) is 0 Å². The number of hydrogen-bond donors (Lipinski definition) is 1. The van der Waals surface area contributed by atoms with E-state index in [0.717, 1.165) is 5.39 Å². The van der Waals surface area contributed by atoms with Crippen LogP contribution in [-0.2, 0) is 4.74 Å². The van der Waals surface area contributed by atoms with E-state index in [0.29, 0.717) is 24.8 Å². The number of rotatable bonds is 2. The summed E-state index contributed by atoms with van der Waals surface area (Å²) in [6, 6.07) is 5.25. The maximum atomic E-state index is 10.8. The van der Waals surface area contributed by atoms with Crippen molar-refractivity contribution in [1.82, 2.24) is 9.78 Å². The van der Waals surface area contributed by atoms with Crippen molar-refractivity contribution in [3.63, 3.8) is 0 Å². The molecule has 2 aromatic rings. The Morgan fingerprint density at radius 1 is 1.50 bits per heavy atom. The maximum Gasteiger partial charge on any atom is 0.335 e. The van der Waals surface area contributed by atoms with Crippen LogP contribution in [0.4, 0.5) is 0 Å². The highest BCUT2D eigenvalue weighted by atomic mass is 16.5. The molecule has 1 N–H and O–H groups in total. The number of carbonyl (C=O) groups is 1. The first-order chi connectivity index (χ1) is 7.74. The number of aromatic nitrogens is 2. The Labute approximate surface area is 91.2 Å². The molecule has 2 heterocycles. The minimum Gasteiger partial charge on any atom is -0.478 e. The van der Waals surface area contributed by atoms with Crippen molar-refractivity contribution in [2.24, 2.45) is 0 Å². The van der Waals surface area contributed by atoms with Crippen molar-refractivity contribution in [1.29, 1.82) is 0 Å². The number of benzene rings is 1. The van der Waals surface area contributed by atoms with Crippen LogP contribution in [0.25, 0.3) is 10.9 Å². The van der Waals surface area contributed by atoms with Crippen molar-refractivity contribution in [2.75, 3.05) is 13.2 Å². The third-order valence-corrected chi connectivity index (χ3v) is 2.77. The summed E-state index contributed by atoms with van der Waals surface area (Å²) >= 11 is 0. The molecule has 0 atom stereocenters. The first-order valence-electron chi connectivity index (χ1n) is 5.04. The minimum absolute atomic E-state index is 0.266. The van der Waals surface area contributed by atoms with Gasteiger partial charge in [-0.3, -0.25) is 4.68 Å². The zero-order valence-corrected chi connectivity index (χ0v) is 8.46. The van der Waals surface area contributed by atoms with E-state index in [4.69, 9.17) is 9.84 Å². The molecule has 0 amide bonds. The third-order valence-electron chi connectivity index (χ3n) is 2.77. The predicted octanol–water partition coefficient (Wildman–Crippen LogP) is 1.31. The van der Waals surface area contributed by atoms with E-state index in [1.807, 2.05) is 10.9 Å². The molecule has 3 rings (SSSR count). The number of fused-ring (bicyclic) bond motifs is 1. The Balaban J connectivity index is 2.06. The zero-order valence-electron chi connectivity index (χ0n) is 8.46. The average Bonchev–Trinajstić information content (AvgIpc) is 2.56. The zero-order chi connectivity index (χ0) is 11.1. The summed E-state index contributed by atoms with van der Waals surface area (Å²) in [6.45, 7) is 1.36. The van der Waals surface area contributed by atoms with Crippen LogP contribution in [0.3, 0.4) is 0 Å². The molecular weight excluding hydrogens is 208 g/mol. The summed E-state index contributed by atoms with van der Waals surface area (Å²) in [7, 11) is 0. The fourth-order valence-corrected chi connectivity index (χ4v) is 1.73. The van der Waals surface area contributed by atoms with Crippen molar-refractivity contribution < 1.29 is 14.6 Å². The van der Waals surface area contributed by atoms with Gasteiger partial charge in [0.2, 0.25) is 0 Å². The standard InChI is InChI=1S/C11H10N2O3/c14-11(15)7-1-2-8-4-13(9-5-16-6-9)12-10(8)3-7/h1-4,9H,5-6H2,(H,14,15). The first kappa shape index (κ1) is 9.35. The van der Waals surface area contributed by atoms with Crippen LogP contribution in [0.2, 0.25) is 0 Å². The lowest BCUT2D eigenvalue weighted by atomic mass is 10.2. The van der Waals surface area contributed by atoms with Crippen LogP contribution in [0.15, 0.2) is 24.4 Å². The Hall–Kier alpha value is -1.88. The lowest BCUT2D eigenvalue weighted by Crippen LogP contribution is -2.30. The minimum atomic E-state index is -0.927. The van der Waals surface area contributed by atoms with Gasteiger partial charge in [-0.05, 0) is 12.1 Å². The highest BCUT2D eigenvalue weighted by molar-refractivity contribution is 5.92. The molecule has 1 fully saturated rings. The van der Waals surface area contributed by atoms with Gasteiger partial charge in [0, 0.05) is 11.6 Å². The highest BCUT2D eigenvalue weighted by Crippen LogP contribution is 2.21. The molecule has 0 spiro atoms. The summed E-state index contributed by atoms with van der Waals surface area (Å²) in [4.78, 5) is 10.8. The van der Waals surface area contributed by atoms with E-state index < -0.39 is 5.97 Å². The highest BCUT2D eigenvalue weighted by Gasteiger charge is 2.21. The Kier molecular flexibility index (Phi) is 1.94.